The van der Waals surface area contributed by atoms with Gasteiger partial charge in [0.05, 0.1) is 11.6 Å². The molecule has 1 atom stereocenters. The Balaban J connectivity index is 3.22. The van der Waals surface area contributed by atoms with Crippen LogP contribution in [0.3, 0.4) is 0 Å². The molecule has 0 aromatic heterocycles. The van der Waals surface area contributed by atoms with Gasteiger partial charge in [-0.15, -0.1) is 0 Å². The molecule has 1 aromatic rings. The van der Waals surface area contributed by atoms with Crippen LogP contribution in [0.2, 0.25) is 0 Å². The first kappa shape index (κ1) is 10.8. The van der Waals surface area contributed by atoms with Crippen molar-refractivity contribution in [3.63, 3.8) is 0 Å². The van der Waals surface area contributed by atoms with Gasteiger partial charge in [-0.1, -0.05) is 0 Å². The molecule has 0 amide bonds. The van der Waals surface area contributed by atoms with Crippen molar-refractivity contribution >= 4 is 5.78 Å². The van der Waals surface area contributed by atoms with E-state index in [4.69, 9.17) is 5.73 Å². The summed E-state index contributed by atoms with van der Waals surface area (Å²) in [4.78, 5) is 11.3. The van der Waals surface area contributed by atoms with Crippen LogP contribution in [0.1, 0.15) is 22.8 Å². The summed E-state index contributed by atoms with van der Waals surface area (Å²) in [6.45, 7) is 2.86. The lowest BCUT2D eigenvalue weighted by atomic mass is 10.0. The first-order chi connectivity index (χ1) is 6.43. The highest BCUT2D eigenvalue weighted by atomic mass is 19.1. The lowest BCUT2D eigenvalue weighted by molar-refractivity contribution is 0.0963. The number of carbonyl (C=O) groups excluding carboxylic acids is 1. The fraction of sp³-hybridized carbons (Fsp3) is 0.300. The van der Waals surface area contributed by atoms with E-state index in [9.17, 15) is 13.6 Å². The number of aryl methyl sites for hydroxylation is 1. The molecule has 0 radical (unpaired) electrons. The van der Waals surface area contributed by atoms with Gasteiger partial charge < -0.3 is 5.73 Å². The molecule has 0 fully saturated rings. The van der Waals surface area contributed by atoms with Gasteiger partial charge in [0.1, 0.15) is 11.6 Å². The smallest absolute Gasteiger partial charge is 0.182 e. The zero-order chi connectivity index (χ0) is 10.9. The molecule has 0 spiro atoms. The Morgan fingerprint density at radius 3 is 2.43 bits per heavy atom. The number of halogens is 2. The fourth-order valence-electron chi connectivity index (χ4n) is 1.08. The summed E-state index contributed by atoms with van der Waals surface area (Å²) in [7, 11) is 0. The van der Waals surface area contributed by atoms with Crippen LogP contribution >= 0.6 is 0 Å². The van der Waals surface area contributed by atoms with Gasteiger partial charge >= 0.3 is 0 Å². The second-order valence-electron chi connectivity index (χ2n) is 3.23. The lowest BCUT2D eigenvalue weighted by Crippen LogP contribution is -2.27. The second-order valence-corrected chi connectivity index (χ2v) is 3.23. The summed E-state index contributed by atoms with van der Waals surface area (Å²) < 4.78 is 26.2. The Kier molecular flexibility index (Phi) is 2.96. The van der Waals surface area contributed by atoms with Crippen molar-refractivity contribution in [2.45, 2.75) is 19.9 Å². The lowest BCUT2D eigenvalue weighted by Gasteiger charge is -2.06. The summed E-state index contributed by atoms with van der Waals surface area (Å²) in [5.74, 6) is -1.93. The van der Waals surface area contributed by atoms with Crippen LogP contribution in [0.25, 0.3) is 0 Å². The normalized spacial score (nSPS) is 12.6. The minimum Gasteiger partial charge on any atom is -0.321 e. The molecule has 0 saturated carbocycles. The Morgan fingerprint density at radius 2 is 1.93 bits per heavy atom. The van der Waals surface area contributed by atoms with Gasteiger partial charge in [-0.25, -0.2) is 8.78 Å². The van der Waals surface area contributed by atoms with E-state index in [-0.39, 0.29) is 11.1 Å². The third-order valence-electron chi connectivity index (χ3n) is 1.93. The Morgan fingerprint density at radius 1 is 1.36 bits per heavy atom. The Labute approximate surface area is 80.7 Å². The predicted octanol–water partition coefficient (Wildman–Crippen LogP) is 1.80. The molecule has 0 bridgehead atoms. The van der Waals surface area contributed by atoms with Crippen LogP contribution in [0.4, 0.5) is 8.78 Å². The second kappa shape index (κ2) is 3.84. The highest BCUT2D eigenvalue weighted by Crippen LogP contribution is 2.15. The van der Waals surface area contributed by atoms with E-state index in [1.54, 1.807) is 0 Å². The van der Waals surface area contributed by atoms with Gasteiger partial charge in [-0.05, 0) is 31.5 Å². The van der Waals surface area contributed by atoms with Crippen LogP contribution in [-0.4, -0.2) is 11.8 Å². The number of Topliss-reactive ketones (excluding diaryl/α,β-unsaturated/α-hetero) is 1. The van der Waals surface area contributed by atoms with Gasteiger partial charge in [0.2, 0.25) is 0 Å². The molecular weight excluding hydrogens is 188 g/mol. The molecule has 0 saturated heterocycles. The van der Waals surface area contributed by atoms with Crippen molar-refractivity contribution in [1.29, 1.82) is 0 Å². The van der Waals surface area contributed by atoms with Gasteiger partial charge in [-0.3, -0.25) is 4.79 Å². The fourth-order valence-corrected chi connectivity index (χ4v) is 1.08. The zero-order valence-electron chi connectivity index (χ0n) is 7.97. The van der Waals surface area contributed by atoms with Crippen molar-refractivity contribution in [2.24, 2.45) is 5.73 Å². The SMILES string of the molecule is Cc1cc(F)c(C(=O)C(C)N)cc1F. The van der Waals surface area contributed by atoms with Crippen molar-refractivity contribution in [2.75, 3.05) is 0 Å². The molecule has 2 nitrogen and oxygen atoms in total. The first-order valence-corrected chi connectivity index (χ1v) is 4.19. The quantitative estimate of drug-likeness (QED) is 0.738. The summed E-state index contributed by atoms with van der Waals surface area (Å²) in [6, 6.07) is 1.05. The maximum Gasteiger partial charge on any atom is 0.182 e. The third kappa shape index (κ3) is 1.96. The summed E-state index contributed by atoms with van der Waals surface area (Å²) >= 11 is 0. The predicted molar refractivity (Wildman–Crippen MR) is 49.1 cm³/mol. The van der Waals surface area contributed by atoms with Gasteiger partial charge in [0.15, 0.2) is 5.78 Å². The highest BCUT2D eigenvalue weighted by molar-refractivity contribution is 5.99. The highest BCUT2D eigenvalue weighted by Gasteiger charge is 2.17. The third-order valence-corrected chi connectivity index (χ3v) is 1.93. The van der Waals surface area contributed by atoms with Crippen LogP contribution in [0, 0.1) is 18.6 Å². The Hall–Kier alpha value is -1.29. The molecule has 1 aromatic carbocycles. The van der Waals surface area contributed by atoms with E-state index in [0.29, 0.717) is 0 Å². The molecule has 2 N–H and O–H groups in total. The number of hydrogen-bond acceptors (Lipinski definition) is 2. The maximum absolute atomic E-state index is 13.2. The molecule has 0 heterocycles. The van der Waals surface area contributed by atoms with E-state index in [1.165, 1.54) is 13.8 Å². The molecule has 76 valence electrons. The minimum atomic E-state index is -0.827. The van der Waals surface area contributed by atoms with Crippen LogP contribution in [0.5, 0.6) is 0 Å². The molecule has 0 aliphatic rings. The van der Waals surface area contributed by atoms with Gasteiger partial charge in [0, 0.05) is 0 Å². The molecule has 0 aliphatic heterocycles. The van der Waals surface area contributed by atoms with Crippen LogP contribution in [0.15, 0.2) is 12.1 Å². The van der Waals surface area contributed by atoms with E-state index in [1.807, 2.05) is 0 Å². The monoisotopic (exact) mass is 199 g/mol. The standard InChI is InChI=1S/C10H11F2NO/c1-5-3-9(12)7(4-8(5)11)10(14)6(2)13/h3-4,6H,13H2,1-2H3. The van der Waals surface area contributed by atoms with Crippen molar-refractivity contribution in [3.05, 3.63) is 34.9 Å². The van der Waals surface area contributed by atoms with Crippen molar-refractivity contribution in [1.82, 2.24) is 0 Å². The number of rotatable bonds is 2. The Bertz CT molecular complexity index is 375. The molecule has 0 aliphatic carbocycles. The summed E-state index contributed by atoms with van der Waals surface area (Å²) in [6.07, 6.45) is 0. The molecule has 1 rings (SSSR count). The van der Waals surface area contributed by atoms with Crippen molar-refractivity contribution in [3.8, 4) is 0 Å². The molecule has 1 unspecified atom stereocenters. The van der Waals surface area contributed by atoms with Crippen LogP contribution < -0.4 is 5.73 Å². The molecule has 14 heavy (non-hydrogen) atoms. The number of hydrogen-bond donors (Lipinski definition) is 1. The zero-order valence-corrected chi connectivity index (χ0v) is 7.97. The number of benzene rings is 1. The largest absolute Gasteiger partial charge is 0.321 e. The van der Waals surface area contributed by atoms with E-state index in [2.05, 4.69) is 0 Å². The van der Waals surface area contributed by atoms with E-state index < -0.39 is 23.5 Å². The van der Waals surface area contributed by atoms with E-state index >= 15 is 0 Å². The number of ketones is 1. The maximum atomic E-state index is 13.2. The number of carbonyl (C=O) groups is 1. The number of nitrogens with two attached hydrogens (primary N) is 1. The van der Waals surface area contributed by atoms with Gasteiger partial charge in [0.25, 0.3) is 0 Å². The summed E-state index contributed by atoms with van der Waals surface area (Å²) in [5, 5.41) is 0. The first-order valence-electron chi connectivity index (χ1n) is 4.19. The molecular formula is C10H11F2NO. The minimum absolute atomic E-state index is 0.170. The topological polar surface area (TPSA) is 43.1 Å². The molecule has 4 heteroatoms. The van der Waals surface area contributed by atoms with Crippen molar-refractivity contribution < 1.29 is 13.6 Å². The van der Waals surface area contributed by atoms with E-state index in [0.717, 1.165) is 12.1 Å². The van der Waals surface area contributed by atoms with Gasteiger partial charge in [-0.2, -0.15) is 0 Å². The summed E-state index contributed by atoms with van der Waals surface area (Å²) in [5.41, 5.74) is 5.17. The van der Waals surface area contributed by atoms with Crippen LogP contribution in [-0.2, 0) is 0 Å². The average Bonchev–Trinajstić information content (AvgIpc) is 2.10. The average molecular weight is 199 g/mol.